The number of hydrazine groups is 1. The quantitative estimate of drug-likeness (QED) is 0.432. The first-order valence-electron chi connectivity index (χ1n) is 10.8. The fourth-order valence-corrected chi connectivity index (χ4v) is 4.20. The number of nitrogens with zero attached hydrogens (tertiary/aromatic N) is 1. The molecule has 4 rings (SSSR count). The molecular formula is C26H23F2N3O3. The van der Waals surface area contributed by atoms with E-state index in [9.17, 15) is 23.2 Å². The van der Waals surface area contributed by atoms with E-state index in [2.05, 4.69) is 5.32 Å². The van der Waals surface area contributed by atoms with Crippen LogP contribution in [-0.4, -0.2) is 30.1 Å². The number of anilines is 1. The van der Waals surface area contributed by atoms with E-state index in [4.69, 9.17) is 5.84 Å². The summed E-state index contributed by atoms with van der Waals surface area (Å²) in [4.78, 5) is 38.6. The Labute approximate surface area is 195 Å². The number of nitrogens with two attached hydrogens (primary N) is 1. The molecule has 1 aliphatic heterocycles. The zero-order valence-corrected chi connectivity index (χ0v) is 18.4. The number of hydrogen-bond acceptors (Lipinski definition) is 5. The maximum absolute atomic E-state index is 13.4. The second-order valence-electron chi connectivity index (χ2n) is 8.31. The first kappa shape index (κ1) is 23.3. The Kier molecular flexibility index (Phi) is 6.51. The van der Waals surface area contributed by atoms with Gasteiger partial charge in [-0.05, 0) is 53.4 Å². The summed E-state index contributed by atoms with van der Waals surface area (Å²) in [6, 6.07) is 16.7. The molecule has 0 aromatic heterocycles. The van der Waals surface area contributed by atoms with Gasteiger partial charge in [0.25, 0.3) is 0 Å². The third-order valence-electron chi connectivity index (χ3n) is 5.78. The van der Waals surface area contributed by atoms with Crippen LogP contribution < -0.4 is 16.2 Å². The molecule has 6 nitrogen and oxygen atoms in total. The van der Waals surface area contributed by atoms with E-state index in [1.165, 1.54) is 11.9 Å². The molecule has 1 aliphatic rings. The van der Waals surface area contributed by atoms with Gasteiger partial charge in [-0.3, -0.25) is 14.4 Å². The summed E-state index contributed by atoms with van der Waals surface area (Å²) in [5, 5.41) is 3.85. The van der Waals surface area contributed by atoms with Crippen LogP contribution in [0.2, 0.25) is 0 Å². The van der Waals surface area contributed by atoms with Gasteiger partial charge in [0.15, 0.2) is 11.6 Å². The highest BCUT2D eigenvalue weighted by molar-refractivity contribution is 6.14. The van der Waals surface area contributed by atoms with Gasteiger partial charge in [0.2, 0.25) is 5.91 Å². The van der Waals surface area contributed by atoms with Crippen LogP contribution in [-0.2, 0) is 20.8 Å². The van der Waals surface area contributed by atoms with Gasteiger partial charge in [0.05, 0.1) is 24.7 Å². The van der Waals surface area contributed by atoms with Crippen molar-refractivity contribution >= 4 is 23.2 Å². The van der Waals surface area contributed by atoms with Gasteiger partial charge in [-0.1, -0.05) is 36.4 Å². The molecule has 0 bridgehead atoms. The first-order valence-corrected chi connectivity index (χ1v) is 10.8. The second-order valence-corrected chi connectivity index (χ2v) is 8.31. The molecular weight excluding hydrogens is 440 g/mol. The van der Waals surface area contributed by atoms with E-state index >= 15 is 0 Å². The number of Topliss-reactive ketones (excluding diaryl/α,β-unsaturated/α-hetero) is 2. The topological polar surface area (TPSA) is 92.5 Å². The smallest absolute Gasteiger partial charge is 0.224 e. The van der Waals surface area contributed by atoms with Gasteiger partial charge < -0.3 is 10.3 Å². The molecule has 0 radical (unpaired) electrons. The Morgan fingerprint density at radius 2 is 1.71 bits per heavy atom. The highest BCUT2D eigenvalue weighted by Gasteiger charge is 2.38. The van der Waals surface area contributed by atoms with Crippen LogP contribution in [0, 0.1) is 11.6 Å². The summed E-state index contributed by atoms with van der Waals surface area (Å²) < 4.78 is 26.8. The van der Waals surface area contributed by atoms with Crippen molar-refractivity contribution in [2.75, 3.05) is 11.6 Å². The highest BCUT2D eigenvalue weighted by atomic mass is 19.1. The number of rotatable bonds is 6. The molecule has 0 fully saturated rings. The molecule has 8 heteroatoms. The van der Waals surface area contributed by atoms with E-state index in [1.54, 1.807) is 12.1 Å². The van der Waals surface area contributed by atoms with E-state index in [-0.39, 0.29) is 24.3 Å². The Morgan fingerprint density at radius 1 is 1.03 bits per heavy atom. The standard InChI is InChI=1S/C26H23F2N3O3/c1-15(30-24(33)11-16-9-19(27)13-20(28)10-16)26(34)25-21-12-18(17-5-3-2-4-6-17)7-8-22(21)31(29)14-23(25)32/h2-10,12-13,15,25H,11,14,29H2,1H3,(H,30,33)/t15-,25?/m0/s1. The van der Waals surface area contributed by atoms with E-state index in [1.807, 2.05) is 36.4 Å². The lowest BCUT2D eigenvalue weighted by atomic mass is 9.82. The molecule has 0 saturated carbocycles. The molecule has 0 spiro atoms. The predicted molar refractivity (Wildman–Crippen MR) is 124 cm³/mol. The predicted octanol–water partition coefficient (Wildman–Crippen LogP) is 3.29. The van der Waals surface area contributed by atoms with E-state index in [0.29, 0.717) is 17.3 Å². The molecule has 3 aromatic carbocycles. The average Bonchev–Trinajstić information content (AvgIpc) is 2.78. The Balaban J connectivity index is 1.57. The van der Waals surface area contributed by atoms with Crippen molar-refractivity contribution in [1.29, 1.82) is 0 Å². The molecule has 0 saturated heterocycles. The fraction of sp³-hybridized carbons (Fsp3) is 0.192. The number of hydrogen-bond donors (Lipinski definition) is 2. The normalized spacial score (nSPS) is 16.1. The van der Waals surface area contributed by atoms with Crippen LogP contribution in [0.1, 0.15) is 24.0 Å². The van der Waals surface area contributed by atoms with Crippen molar-refractivity contribution < 1.29 is 23.2 Å². The fourth-order valence-electron chi connectivity index (χ4n) is 4.20. The molecule has 1 unspecified atom stereocenters. The molecule has 3 N–H and O–H groups in total. The summed E-state index contributed by atoms with van der Waals surface area (Å²) in [5.41, 5.74) is 2.91. The van der Waals surface area contributed by atoms with Gasteiger partial charge in [-0.2, -0.15) is 0 Å². The number of benzene rings is 3. The monoisotopic (exact) mass is 463 g/mol. The average molecular weight is 463 g/mol. The number of carbonyl (C=O) groups excluding carboxylic acids is 3. The van der Waals surface area contributed by atoms with Crippen molar-refractivity contribution in [3.8, 4) is 11.1 Å². The number of nitrogens with one attached hydrogen (secondary N) is 1. The molecule has 34 heavy (non-hydrogen) atoms. The van der Waals surface area contributed by atoms with Crippen LogP contribution in [0.25, 0.3) is 11.1 Å². The van der Waals surface area contributed by atoms with E-state index in [0.717, 1.165) is 23.3 Å². The molecule has 174 valence electrons. The molecule has 2 atom stereocenters. The molecule has 3 aromatic rings. The van der Waals surface area contributed by atoms with Crippen LogP contribution in [0.5, 0.6) is 0 Å². The number of halogens is 2. The minimum absolute atomic E-state index is 0.139. The Bertz CT molecular complexity index is 1240. The SMILES string of the molecule is C[C@H](NC(=O)Cc1cc(F)cc(F)c1)C(=O)C1C(=O)CN(N)c2ccc(-c3ccccc3)cc21. The summed E-state index contributed by atoms with van der Waals surface area (Å²) in [6.07, 6.45) is -0.309. The van der Waals surface area contributed by atoms with Crippen molar-refractivity contribution in [1.82, 2.24) is 5.32 Å². The zero-order chi connectivity index (χ0) is 24.4. The summed E-state index contributed by atoms with van der Waals surface area (Å²) in [6.45, 7) is 1.34. The Morgan fingerprint density at radius 3 is 2.38 bits per heavy atom. The van der Waals surface area contributed by atoms with Crippen LogP contribution >= 0.6 is 0 Å². The van der Waals surface area contributed by atoms with Crippen LogP contribution in [0.15, 0.2) is 66.7 Å². The number of carbonyl (C=O) groups is 3. The van der Waals surface area contributed by atoms with Gasteiger partial charge in [-0.25, -0.2) is 14.6 Å². The molecule has 0 aliphatic carbocycles. The zero-order valence-electron chi connectivity index (χ0n) is 18.4. The largest absolute Gasteiger partial charge is 0.346 e. The second kappa shape index (κ2) is 9.52. The van der Waals surface area contributed by atoms with Crippen molar-refractivity contribution in [3.63, 3.8) is 0 Å². The lowest BCUT2D eigenvalue weighted by Crippen LogP contribution is -2.49. The number of fused-ring (bicyclic) bond motifs is 1. The highest BCUT2D eigenvalue weighted by Crippen LogP contribution is 2.36. The van der Waals surface area contributed by atoms with Crippen LogP contribution in [0.4, 0.5) is 14.5 Å². The van der Waals surface area contributed by atoms with Crippen molar-refractivity contribution in [3.05, 3.63) is 89.5 Å². The maximum atomic E-state index is 13.4. The van der Waals surface area contributed by atoms with Gasteiger partial charge >= 0.3 is 0 Å². The summed E-state index contributed by atoms with van der Waals surface area (Å²) >= 11 is 0. The third kappa shape index (κ3) is 4.87. The van der Waals surface area contributed by atoms with Gasteiger partial charge in [0, 0.05) is 6.07 Å². The van der Waals surface area contributed by atoms with E-state index < -0.39 is 35.3 Å². The summed E-state index contributed by atoms with van der Waals surface area (Å²) in [7, 11) is 0. The number of amides is 1. The first-order chi connectivity index (χ1) is 16.2. The van der Waals surface area contributed by atoms with Gasteiger partial charge in [-0.15, -0.1) is 0 Å². The van der Waals surface area contributed by atoms with Crippen molar-refractivity contribution in [2.24, 2.45) is 5.84 Å². The van der Waals surface area contributed by atoms with Crippen LogP contribution in [0.3, 0.4) is 0 Å². The lowest BCUT2D eigenvalue weighted by Gasteiger charge is -2.32. The lowest BCUT2D eigenvalue weighted by molar-refractivity contribution is -0.132. The van der Waals surface area contributed by atoms with Gasteiger partial charge in [0.1, 0.15) is 17.6 Å². The summed E-state index contributed by atoms with van der Waals surface area (Å²) in [5.74, 6) is 1.89. The molecule has 1 amide bonds. The third-order valence-corrected chi connectivity index (χ3v) is 5.78. The number of ketones is 2. The maximum Gasteiger partial charge on any atom is 0.224 e. The molecule has 1 heterocycles. The Hall–Kier alpha value is -3.91. The minimum Gasteiger partial charge on any atom is -0.346 e. The minimum atomic E-state index is -1.10. The van der Waals surface area contributed by atoms with Crippen molar-refractivity contribution in [2.45, 2.75) is 25.3 Å².